The molecule has 0 aliphatic rings. The van der Waals surface area contributed by atoms with Crippen molar-refractivity contribution >= 4 is 5.97 Å². The van der Waals surface area contributed by atoms with Crippen LogP contribution < -0.4 is 0 Å². The smallest absolute Gasteiger partial charge is 0.303 e. The lowest BCUT2D eigenvalue weighted by molar-refractivity contribution is -0.139. The van der Waals surface area contributed by atoms with Gasteiger partial charge in [0.05, 0.1) is 6.42 Å². The van der Waals surface area contributed by atoms with Crippen molar-refractivity contribution < 1.29 is 9.90 Å². The molecule has 0 saturated heterocycles. The van der Waals surface area contributed by atoms with Crippen LogP contribution in [0, 0.1) is 5.41 Å². The number of carbonyl (C=O) groups is 1. The number of aliphatic carboxylic acids is 1. The Hall–Kier alpha value is -1.25. The van der Waals surface area contributed by atoms with Gasteiger partial charge in [-0.1, -0.05) is 13.8 Å². The minimum atomic E-state index is -0.739. The fraction of sp³-hybridized carbons (Fsp3) is 0.500. The maximum absolute atomic E-state index is 10.5. The van der Waals surface area contributed by atoms with E-state index in [-0.39, 0.29) is 11.8 Å². The molecule has 0 bridgehead atoms. The molecule has 0 fully saturated rings. The Morgan fingerprint density at radius 3 is 2.77 bits per heavy atom. The highest BCUT2D eigenvalue weighted by atomic mass is 16.4. The van der Waals surface area contributed by atoms with E-state index in [9.17, 15) is 4.79 Å². The minimum Gasteiger partial charge on any atom is -0.481 e. The molecular formula is C10H15NO2. The summed E-state index contributed by atoms with van der Waals surface area (Å²) in [6, 6.07) is 3.90. The molecule has 0 aliphatic carbocycles. The molecule has 1 aromatic rings. The number of aromatic amines is 1. The lowest BCUT2D eigenvalue weighted by Gasteiger charge is -2.21. The summed E-state index contributed by atoms with van der Waals surface area (Å²) < 4.78 is 0. The van der Waals surface area contributed by atoms with E-state index >= 15 is 0 Å². The van der Waals surface area contributed by atoms with E-state index in [1.165, 1.54) is 0 Å². The Labute approximate surface area is 77.8 Å². The number of H-pyrrole nitrogens is 1. The Balaban J connectivity index is 2.56. The monoisotopic (exact) mass is 181 g/mol. The summed E-state index contributed by atoms with van der Waals surface area (Å²) >= 11 is 0. The molecule has 2 N–H and O–H groups in total. The molecule has 1 rings (SSSR count). The van der Waals surface area contributed by atoms with E-state index in [0.29, 0.717) is 0 Å². The maximum Gasteiger partial charge on any atom is 0.303 e. The predicted octanol–water partition coefficient (Wildman–Crippen LogP) is 2.06. The maximum atomic E-state index is 10.5. The van der Waals surface area contributed by atoms with Gasteiger partial charge in [-0.05, 0) is 24.0 Å². The van der Waals surface area contributed by atoms with E-state index in [2.05, 4.69) is 4.98 Å². The summed E-state index contributed by atoms with van der Waals surface area (Å²) in [6.07, 6.45) is 2.82. The first kappa shape index (κ1) is 9.84. The van der Waals surface area contributed by atoms with Gasteiger partial charge in [0.25, 0.3) is 0 Å². The highest BCUT2D eigenvalue weighted by Crippen LogP contribution is 2.24. The molecule has 3 nitrogen and oxygen atoms in total. The van der Waals surface area contributed by atoms with Gasteiger partial charge >= 0.3 is 5.97 Å². The van der Waals surface area contributed by atoms with Crippen molar-refractivity contribution in [2.75, 3.05) is 0 Å². The summed E-state index contributed by atoms with van der Waals surface area (Å²) in [5, 5.41) is 8.67. The summed E-state index contributed by atoms with van der Waals surface area (Å²) in [6.45, 7) is 3.92. The second-order valence-corrected chi connectivity index (χ2v) is 4.11. The number of rotatable bonds is 4. The summed E-state index contributed by atoms with van der Waals surface area (Å²) in [5.74, 6) is -0.739. The first-order chi connectivity index (χ1) is 5.99. The average Bonchev–Trinajstić information content (AvgIpc) is 2.34. The summed E-state index contributed by atoms with van der Waals surface area (Å²) in [4.78, 5) is 13.6. The van der Waals surface area contributed by atoms with E-state index in [4.69, 9.17) is 5.11 Å². The number of aromatic nitrogens is 1. The van der Waals surface area contributed by atoms with Crippen LogP contribution in [0.3, 0.4) is 0 Å². The molecule has 0 aliphatic heterocycles. The van der Waals surface area contributed by atoms with Crippen molar-refractivity contribution in [3.63, 3.8) is 0 Å². The molecule has 1 heterocycles. The first-order valence-electron chi connectivity index (χ1n) is 4.34. The van der Waals surface area contributed by atoms with Crippen LogP contribution in [0.5, 0.6) is 0 Å². The van der Waals surface area contributed by atoms with Gasteiger partial charge in [-0.25, -0.2) is 0 Å². The van der Waals surface area contributed by atoms with Crippen LogP contribution in [0.15, 0.2) is 18.3 Å². The van der Waals surface area contributed by atoms with Crippen LogP contribution in [0.1, 0.15) is 26.0 Å². The van der Waals surface area contributed by atoms with Crippen molar-refractivity contribution in [1.82, 2.24) is 4.98 Å². The zero-order valence-corrected chi connectivity index (χ0v) is 8.00. The summed E-state index contributed by atoms with van der Waals surface area (Å²) in [5.41, 5.74) is 0.905. The van der Waals surface area contributed by atoms with Crippen molar-refractivity contribution in [1.29, 1.82) is 0 Å². The van der Waals surface area contributed by atoms with Crippen molar-refractivity contribution in [3.8, 4) is 0 Å². The molecular weight excluding hydrogens is 166 g/mol. The number of hydrogen-bond acceptors (Lipinski definition) is 1. The lowest BCUT2D eigenvalue weighted by atomic mass is 9.84. The van der Waals surface area contributed by atoms with Crippen molar-refractivity contribution in [2.45, 2.75) is 26.7 Å². The second-order valence-electron chi connectivity index (χ2n) is 4.11. The topological polar surface area (TPSA) is 53.1 Å². The highest BCUT2D eigenvalue weighted by molar-refractivity contribution is 5.67. The number of hydrogen-bond donors (Lipinski definition) is 2. The molecule has 0 unspecified atom stereocenters. The van der Waals surface area contributed by atoms with Crippen LogP contribution in [0.25, 0.3) is 0 Å². The molecule has 0 atom stereocenters. The number of nitrogens with one attached hydrogen (secondary N) is 1. The second kappa shape index (κ2) is 3.64. The zero-order chi connectivity index (χ0) is 9.90. The number of carboxylic acid groups (broad SMARTS) is 1. The summed E-state index contributed by atoms with van der Waals surface area (Å²) in [7, 11) is 0. The Morgan fingerprint density at radius 2 is 2.31 bits per heavy atom. The van der Waals surface area contributed by atoms with Gasteiger partial charge in [-0.3, -0.25) is 4.79 Å². The van der Waals surface area contributed by atoms with Gasteiger partial charge in [0.2, 0.25) is 0 Å². The van der Waals surface area contributed by atoms with Crippen LogP contribution in [0.2, 0.25) is 0 Å². The van der Waals surface area contributed by atoms with Crippen LogP contribution in [-0.2, 0) is 11.2 Å². The molecule has 1 aromatic heterocycles. The molecule has 0 saturated carbocycles. The van der Waals surface area contributed by atoms with E-state index in [1.54, 1.807) is 0 Å². The van der Waals surface area contributed by atoms with Gasteiger partial charge in [-0.2, -0.15) is 0 Å². The standard InChI is InChI=1S/C10H15NO2/c1-10(2,7-9(12)13)6-8-4-3-5-11-8/h3-5,11H,6-7H2,1-2H3,(H,12,13). The van der Waals surface area contributed by atoms with Crippen molar-refractivity contribution in [2.24, 2.45) is 5.41 Å². The van der Waals surface area contributed by atoms with Gasteiger partial charge < -0.3 is 10.1 Å². The molecule has 0 radical (unpaired) electrons. The van der Waals surface area contributed by atoms with Crippen LogP contribution in [-0.4, -0.2) is 16.1 Å². The van der Waals surface area contributed by atoms with Gasteiger partial charge in [0, 0.05) is 11.9 Å². The third-order valence-corrected chi connectivity index (χ3v) is 1.96. The van der Waals surface area contributed by atoms with E-state index < -0.39 is 5.97 Å². The van der Waals surface area contributed by atoms with Gasteiger partial charge in [0.1, 0.15) is 0 Å². The third-order valence-electron chi connectivity index (χ3n) is 1.96. The molecule has 0 aromatic carbocycles. The Bertz CT molecular complexity index is 275. The third kappa shape index (κ3) is 3.32. The minimum absolute atomic E-state index is 0.184. The van der Waals surface area contributed by atoms with Crippen LogP contribution >= 0.6 is 0 Å². The Kier molecular flexibility index (Phi) is 2.76. The molecule has 13 heavy (non-hydrogen) atoms. The van der Waals surface area contributed by atoms with Gasteiger partial charge in [-0.15, -0.1) is 0 Å². The quantitative estimate of drug-likeness (QED) is 0.747. The zero-order valence-electron chi connectivity index (χ0n) is 8.00. The Morgan fingerprint density at radius 1 is 1.62 bits per heavy atom. The average molecular weight is 181 g/mol. The van der Waals surface area contributed by atoms with Gasteiger partial charge in [0.15, 0.2) is 0 Å². The fourth-order valence-corrected chi connectivity index (χ4v) is 1.46. The molecule has 72 valence electrons. The lowest BCUT2D eigenvalue weighted by Crippen LogP contribution is -2.19. The first-order valence-corrected chi connectivity index (χ1v) is 4.34. The highest BCUT2D eigenvalue weighted by Gasteiger charge is 2.22. The van der Waals surface area contributed by atoms with E-state index in [1.807, 2.05) is 32.2 Å². The molecule has 0 amide bonds. The SMILES string of the molecule is CC(C)(CC(=O)O)Cc1ccc[nH]1. The van der Waals surface area contributed by atoms with Crippen molar-refractivity contribution in [3.05, 3.63) is 24.0 Å². The number of carboxylic acids is 1. The molecule has 0 spiro atoms. The normalized spacial score (nSPS) is 11.5. The molecule has 3 heteroatoms. The van der Waals surface area contributed by atoms with E-state index in [0.717, 1.165) is 12.1 Å². The predicted molar refractivity (Wildman–Crippen MR) is 50.5 cm³/mol. The van der Waals surface area contributed by atoms with Crippen LogP contribution in [0.4, 0.5) is 0 Å². The largest absolute Gasteiger partial charge is 0.481 e. The fourth-order valence-electron chi connectivity index (χ4n) is 1.46.